The third kappa shape index (κ3) is 8.20. The van der Waals surface area contributed by atoms with Crippen LogP contribution in [0.15, 0.2) is 71.6 Å². The van der Waals surface area contributed by atoms with Crippen LogP contribution in [0.3, 0.4) is 0 Å². The largest absolute Gasteiger partial charge is 0.495 e. The molecule has 0 saturated heterocycles. The summed E-state index contributed by atoms with van der Waals surface area (Å²) in [4.78, 5) is 28.4. The van der Waals surface area contributed by atoms with Crippen LogP contribution < -0.4 is 14.4 Å². The summed E-state index contributed by atoms with van der Waals surface area (Å²) in [6, 6.07) is 15.2. The molecule has 0 aromatic heterocycles. The Balaban J connectivity index is 2.07. The standard InChI is InChI=1S/C30H35ClFN3O5S/c1-20-7-14-25(15-8-20)41(38,39)35(24-13-16-27(40-6)26(31)17-24)19-28(36)34(18-22-9-11-23(32)12-10-22)21(2)29(37)33-30(3,4)5/h7-17,21H,18-19H2,1-6H3,(H,33,37)/t21-/m0/s1. The van der Waals surface area contributed by atoms with E-state index in [0.29, 0.717) is 11.3 Å². The smallest absolute Gasteiger partial charge is 0.264 e. The van der Waals surface area contributed by atoms with Crippen LogP contribution in [0.25, 0.3) is 0 Å². The van der Waals surface area contributed by atoms with Crippen molar-refractivity contribution in [3.8, 4) is 5.75 Å². The number of carbonyl (C=O) groups is 2. The number of nitrogens with one attached hydrogen (secondary N) is 1. The minimum Gasteiger partial charge on any atom is -0.495 e. The lowest BCUT2D eigenvalue weighted by atomic mass is 10.1. The number of halogens is 2. The number of carbonyl (C=O) groups excluding carboxylic acids is 2. The maximum Gasteiger partial charge on any atom is 0.264 e. The lowest BCUT2D eigenvalue weighted by Crippen LogP contribution is -2.54. The predicted molar refractivity (Wildman–Crippen MR) is 158 cm³/mol. The molecule has 0 unspecified atom stereocenters. The second kappa shape index (κ2) is 12.9. The third-order valence-corrected chi connectivity index (χ3v) is 8.33. The number of aryl methyl sites for hydroxylation is 1. The van der Waals surface area contributed by atoms with Crippen molar-refractivity contribution in [2.24, 2.45) is 0 Å². The number of ether oxygens (including phenoxy) is 1. The highest BCUT2D eigenvalue weighted by Gasteiger charge is 2.33. The van der Waals surface area contributed by atoms with E-state index in [2.05, 4.69) is 5.32 Å². The normalized spacial score (nSPS) is 12.4. The molecule has 220 valence electrons. The number of anilines is 1. The third-order valence-electron chi connectivity index (χ3n) is 6.24. The van der Waals surface area contributed by atoms with E-state index < -0.39 is 45.8 Å². The van der Waals surface area contributed by atoms with E-state index in [1.54, 1.807) is 19.1 Å². The highest BCUT2D eigenvalue weighted by Crippen LogP contribution is 2.32. The molecule has 41 heavy (non-hydrogen) atoms. The molecule has 11 heteroatoms. The van der Waals surface area contributed by atoms with Gasteiger partial charge in [-0.2, -0.15) is 0 Å². The van der Waals surface area contributed by atoms with Gasteiger partial charge in [0.25, 0.3) is 10.0 Å². The van der Waals surface area contributed by atoms with Crippen LogP contribution in [0.1, 0.15) is 38.8 Å². The fraction of sp³-hybridized carbons (Fsp3) is 0.333. The van der Waals surface area contributed by atoms with Crippen LogP contribution in [-0.2, 0) is 26.2 Å². The minimum atomic E-state index is -4.25. The first-order valence-electron chi connectivity index (χ1n) is 12.9. The van der Waals surface area contributed by atoms with Gasteiger partial charge < -0.3 is 15.0 Å². The number of methoxy groups -OCH3 is 1. The summed E-state index contributed by atoms with van der Waals surface area (Å²) in [6.45, 7) is 8.14. The van der Waals surface area contributed by atoms with Crippen molar-refractivity contribution in [2.75, 3.05) is 18.0 Å². The summed E-state index contributed by atoms with van der Waals surface area (Å²) >= 11 is 6.34. The zero-order valence-electron chi connectivity index (χ0n) is 23.9. The molecule has 0 spiro atoms. The molecular weight excluding hydrogens is 569 g/mol. The van der Waals surface area contributed by atoms with Crippen LogP contribution in [0.5, 0.6) is 5.75 Å². The van der Waals surface area contributed by atoms with Gasteiger partial charge in [-0.3, -0.25) is 13.9 Å². The minimum absolute atomic E-state index is 0.0218. The van der Waals surface area contributed by atoms with E-state index in [9.17, 15) is 22.4 Å². The van der Waals surface area contributed by atoms with E-state index in [4.69, 9.17) is 16.3 Å². The number of hydrogen-bond acceptors (Lipinski definition) is 5. The highest BCUT2D eigenvalue weighted by molar-refractivity contribution is 7.92. The molecule has 1 atom stereocenters. The Bertz CT molecular complexity index is 1490. The second-order valence-electron chi connectivity index (χ2n) is 10.7. The summed E-state index contributed by atoms with van der Waals surface area (Å²) in [7, 11) is -2.82. The Kier molecular flexibility index (Phi) is 10.0. The maximum atomic E-state index is 14.0. The number of hydrogen-bond donors (Lipinski definition) is 1. The summed E-state index contributed by atoms with van der Waals surface area (Å²) in [6.07, 6.45) is 0. The quantitative estimate of drug-likeness (QED) is 0.338. The molecule has 0 bridgehead atoms. The van der Waals surface area contributed by atoms with Gasteiger partial charge in [0.05, 0.1) is 22.7 Å². The van der Waals surface area contributed by atoms with Gasteiger partial charge in [0, 0.05) is 12.1 Å². The van der Waals surface area contributed by atoms with E-state index in [0.717, 1.165) is 9.87 Å². The average molecular weight is 604 g/mol. The average Bonchev–Trinajstić information content (AvgIpc) is 2.90. The molecule has 8 nitrogen and oxygen atoms in total. The summed E-state index contributed by atoms with van der Waals surface area (Å²) in [5, 5.41) is 3.01. The SMILES string of the molecule is COc1ccc(N(CC(=O)N(Cc2ccc(F)cc2)[C@@H](C)C(=O)NC(C)(C)C)S(=O)(=O)c2ccc(C)cc2)cc1Cl. The van der Waals surface area contributed by atoms with Gasteiger partial charge in [-0.1, -0.05) is 41.4 Å². The topological polar surface area (TPSA) is 96.0 Å². The highest BCUT2D eigenvalue weighted by atomic mass is 35.5. The fourth-order valence-electron chi connectivity index (χ4n) is 4.02. The maximum absolute atomic E-state index is 14.0. The Labute approximate surface area is 246 Å². The van der Waals surface area contributed by atoms with Crippen molar-refractivity contribution in [1.29, 1.82) is 0 Å². The molecule has 0 aliphatic rings. The van der Waals surface area contributed by atoms with Gasteiger partial charge in [-0.05, 0) is 82.6 Å². The molecule has 2 amide bonds. The Morgan fingerprint density at radius 2 is 1.63 bits per heavy atom. The van der Waals surface area contributed by atoms with Crippen molar-refractivity contribution in [3.63, 3.8) is 0 Å². The fourth-order valence-corrected chi connectivity index (χ4v) is 5.68. The Hall–Kier alpha value is -3.63. The van der Waals surface area contributed by atoms with E-state index in [-0.39, 0.29) is 22.2 Å². The Morgan fingerprint density at radius 3 is 2.17 bits per heavy atom. The molecule has 0 saturated carbocycles. The van der Waals surface area contributed by atoms with E-state index >= 15 is 0 Å². The molecule has 0 fully saturated rings. The first-order valence-corrected chi connectivity index (χ1v) is 14.7. The second-order valence-corrected chi connectivity index (χ2v) is 13.0. The number of benzene rings is 3. The molecule has 0 heterocycles. The Morgan fingerprint density at radius 1 is 1.02 bits per heavy atom. The van der Waals surface area contributed by atoms with Gasteiger partial charge in [-0.25, -0.2) is 12.8 Å². The monoisotopic (exact) mass is 603 g/mol. The van der Waals surface area contributed by atoms with Crippen molar-refractivity contribution >= 4 is 39.1 Å². The molecule has 3 rings (SSSR count). The van der Waals surface area contributed by atoms with Crippen molar-refractivity contribution in [3.05, 3.63) is 88.7 Å². The van der Waals surface area contributed by atoms with Crippen LogP contribution in [-0.4, -0.2) is 50.4 Å². The number of nitrogens with zero attached hydrogens (tertiary/aromatic N) is 2. The van der Waals surface area contributed by atoms with Crippen LogP contribution in [0.2, 0.25) is 5.02 Å². The van der Waals surface area contributed by atoms with Crippen LogP contribution in [0.4, 0.5) is 10.1 Å². The molecule has 0 aliphatic carbocycles. The first kappa shape index (κ1) is 31.9. The first-order chi connectivity index (χ1) is 19.1. The molecule has 0 radical (unpaired) electrons. The lowest BCUT2D eigenvalue weighted by Gasteiger charge is -2.33. The van der Waals surface area contributed by atoms with E-state index in [1.165, 1.54) is 66.6 Å². The molecule has 0 aliphatic heterocycles. The van der Waals surface area contributed by atoms with Gasteiger partial charge >= 0.3 is 0 Å². The van der Waals surface area contributed by atoms with Gasteiger partial charge in [0.1, 0.15) is 24.2 Å². The van der Waals surface area contributed by atoms with Crippen molar-refractivity contribution in [2.45, 2.75) is 57.6 Å². The predicted octanol–water partition coefficient (Wildman–Crippen LogP) is 5.32. The number of rotatable bonds is 10. The molecule has 3 aromatic carbocycles. The number of amides is 2. The van der Waals surface area contributed by atoms with Crippen LogP contribution in [0, 0.1) is 12.7 Å². The zero-order chi connectivity index (χ0) is 30.5. The lowest BCUT2D eigenvalue weighted by molar-refractivity contribution is -0.140. The van der Waals surface area contributed by atoms with Gasteiger partial charge in [-0.15, -0.1) is 0 Å². The summed E-state index contributed by atoms with van der Waals surface area (Å²) < 4.78 is 47.6. The molecular formula is C30H35ClFN3O5S. The van der Waals surface area contributed by atoms with Crippen molar-refractivity contribution < 1.29 is 27.1 Å². The number of sulfonamides is 1. The summed E-state index contributed by atoms with van der Waals surface area (Å²) in [5.74, 6) is -1.18. The van der Waals surface area contributed by atoms with Crippen LogP contribution >= 0.6 is 11.6 Å². The van der Waals surface area contributed by atoms with Gasteiger partial charge in [0.15, 0.2) is 0 Å². The van der Waals surface area contributed by atoms with Crippen molar-refractivity contribution in [1.82, 2.24) is 10.2 Å². The zero-order valence-corrected chi connectivity index (χ0v) is 25.5. The van der Waals surface area contributed by atoms with E-state index in [1.807, 2.05) is 27.7 Å². The van der Waals surface area contributed by atoms with Gasteiger partial charge in [0.2, 0.25) is 11.8 Å². The molecule has 1 N–H and O–H groups in total. The summed E-state index contributed by atoms with van der Waals surface area (Å²) in [5.41, 5.74) is 0.994. The molecule has 3 aromatic rings.